The van der Waals surface area contributed by atoms with Gasteiger partial charge in [0.25, 0.3) is 5.56 Å². The maximum Gasteiger partial charge on any atom is 0.278 e. The van der Waals surface area contributed by atoms with Crippen molar-refractivity contribution in [3.05, 3.63) is 45.8 Å². The summed E-state index contributed by atoms with van der Waals surface area (Å²) in [6.07, 6.45) is 0.796. The van der Waals surface area contributed by atoms with Crippen LogP contribution < -0.4 is 10.9 Å². The molecule has 3 heterocycles. The first-order chi connectivity index (χ1) is 12.9. The summed E-state index contributed by atoms with van der Waals surface area (Å²) < 4.78 is 7.12. The predicted molar refractivity (Wildman–Crippen MR) is 106 cm³/mol. The van der Waals surface area contributed by atoms with E-state index in [1.807, 2.05) is 45.9 Å². The smallest absolute Gasteiger partial charge is 0.278 e. The summed E-state index contributed by atoms with van der Waals surface area (Å²) in [6.45, 7) is 8.10. The predicted octanol–water partition coefficient (Wildman–Crippen LogP) is 3.31. The molecule has 7 nitrogen and oxygen atoms in total. The first-order valence-corrected chi connectivity index (χ1v) is 9.94. The number of hydrogen-bond acceptors (Lipinski definition) is 5. The third kappa shape index (κ3) is 4.27. The van der Waals surface area contributed by atoms with Gasteiger partial charge in [0, 0.05) is 11.7 Å². The van der Waals surface area contributed by atoms with E-state index in [0.717, 1.165) is 17.9 Å². The number of carbonyl (C=O) groups is 1. The Hall–Kier alpha value is -2.48. The van der Waals surface area contributed by atoms with Crippen LogP contribution in [0.25, 0.3) is 11.0 Å². The Morgan fingerprint density at radius 3 is 2.85 bits per heavy atom. The van der Waals surface area contributed by atoms with Crippen LogP contribution >= 0.6 is 11.8 Å². The lowest BCUT2D eigenvalue weighted by Crippen LogP contribution is -2.28. The van der Waals surface area contributed by atoms with Gasteiger partial charge in [-0.3, -0.25) is 14.2 Å². The molecule has 0 saturated heterocycles. The normalized spacial score (nSPS) is 12.4. The van der Waals surface area contributed by atoms with E-state index in [1.54, 1.807) is 4.57 Å². The molecule has 0 bridgehead atoms. The lowest BCUT2D eigenvalue weighted by atomic mass is 10.2. The minimum atomic E-state index is -0.135. The summed E-state index contributed by atoms with van der Waals surface area (Å²) in [4.78, 5) is 32.8. The summed E-state index contributed by atoms with van der Waals surface area (Å²) in [5.41, 5.74) is 1.93. The molecule has 1 unspecified atom stereocenters. The molecule has 0 aliphatic rings. The average molecular weight is 388 g/mol. The topological polar surface area (TPSA) is 92.9 Å². The summed E-state index contributed by atoms with van der Waals surface area (Å²) in [5, 5.41) is 3.39. The average Bonchev–Trinajstić information content (AvgIpc) is 3.22. The van der Waals surface area contributed by atoms with Gasteiger partial charge in [0.05, 0.1) is 17.8 Å². The monoisotopic (exact) mass is 388 g/mol. The van der Waals surface area contributed by atoms with Crippen LogP contribution in [0.2, 0.25) is 0 Å². The third-order valence-electron chi connectivity index (χ3n) is 4.41. The number of rotatable bonds is 7. The van der Waals surface area contributed by atoms with Gasteiger partial charge in [0.15, 0.2) is 5.16 Å². The van der Waals surface area contributed by atoms with Crippen molar-refractivity contribution < 1.29 is 9.21 Å². The zero-order valence-electron chi connectivity index (χ0n) is 16.0. The molecule has 0 spiro atoms. The molecule has 0 fully saturated rings. The highest BCUT2D eigenvalue weighted by Gasteiger charge is 2.18. The fourth-order valence-electron chi connectivity index (χ4n) is 2.81. The van der Waals surface area contributed by atoms with E-state index in [9.17, 15) is 9.59 Å². The molecule has 144 valence electrons. The van der Waals surface area contributed by atoms with E-state index in [0.29, 0.717) is 28.5 Å². The van der Waals surface area contributed by atoms with Crippen LogP contribution in [-0.4, -0.2) is 26.2 Å². The highest BCUT2D eigenvalue weighted by Crippen LogP contribution is 2.22. The van der Waals surface area contributed by atoms with Gasteiger partial charge < -0.3 is 14.7 Å². The molecule has 3 rings (SSSR count). The molecular weight excluding hydrogens is 364 g/mol. The lowest BCUT2D eigenvalue weighted by molar-refractivity contribution is -0.118. The molecule has 0 aliphatic heterocycles. The number of carbonyl (C=O) groups excluding carboxylic acids is 1. The fraction of sp³-hybridized carbons (Fsp3) is 0.421. The molecule has 8 heteroatoms. The zero-order chi connectivity index (χ0) is 19.6. The Labute approximate surface area is 161 Å². The van der Waals surface area contributed by atoms with Crippen LogP contribution in [-0.2, 0) is 11.3 Å². The van der Waals surface area contributed by atoms with Gasteiger partial charge in [0.1, 0.15) is 17.0 Å². The van der Waals surface area contributed by atoms with Crippen molar-refractivity contribution >= 4 is 28.7 Å². The van der Waals surface area contributed by atoms with Crippen molar-refractivity contribution in [1.29, 1.82) is 0 Å². The molecule has 0 aliphatic carbocycles. The molecule has 1 atom stereocenters. The van der Waals surface area contributed by atoms with Crippen molar-refractivity contribution in [2.75, 3.05) is 5.75 Å². The van der Waals surface area contributed by atoms with E-state index in [4.69, 9.17) is 4.42 Å². The summed E-state index contributed by atoms with van der Waals surface area (Å²) >= 11 is 1.27. The second-order valence-electron chi connectivity index (χ2n) is 6.62. The Balaban J connectivity index is 1.76. The standard InChI is InChI=1S/C19H24N4O3S/c1-5-12(3)23-18(25)17-15(8-11(2)21-17)22-19(23)27-10-16(24)20-9-14-7-6-13(4)26-14/h6-8,12,21H,5,9-10H2,1-4H3,(H,20,24). The van der Waals surface area contributed by atoms with Crippen molar-refractivity contribution in [1.82, 2.24) is 19.9 Å². The highest BCUT2D eigenvalue weighted by molar-refractivity contribution is 7.99. The van der Waals surface area contributed by atoms with E-state index >= 15 is 0 Å². The van der Waals surface area contributed by atoms with Gasteiger partial charge in [0.2, 0.25) is 5.91 Å². The zero-order valence-corrected chi connectivity index (χ0v) is 16.8. The van der Waals surface area contributed by atoms with E-state index in [1.165, 1.54) is 11.8 Å². The minimum absolute atomic E-state index is 0.00494. The van der Waals surface area contributed by atoms with Gasteiger partial charge in [-0.15, -0.1) is 0 Å². The van der Waals surface area contributed by atoms with Crippen molar-refractivity contribution in [3.8, 4) is 0 Å². The number of aromatic amines is 1. The van der Waals surface area contributed by atoms with Crippen molar-refractivity contribution in [3.63, 3.8) is 0 Å². The number of aryl methyl sites for hydroxylation is 2. The molecule has 0 saturated carbocycles. The number of furan rings is 1. The van der Waals surface area contributed by atoms with E-state index in [2.05, 4.69) is 15.3 Å². The van der Waals surface area contributed by atoms with Gasteiger partial charge in [-0.25, -0.2) is 4.98 Å². The number of amides is 1. The van der Waals surface area contributed by atoms with E-state index in [-0.39, 0.29) is 23.3 Å². The second-order valence-corrected chi connectivity index (χ2v) is 7.56. The Bertz CT molecular complexity index is 1020. The number of hydrogen-bond donors (Lipinski definition) is 2. The van der Waals surface area contributed by atoms with Crippen LogP contribution in [0.5, 0.6) is 0 Å². The Morgan fingerprint density at radius 2 is 2.19 bits per heavy atom. The largest absolute Gasteiger partial charge is 0.465 e. The summed E-state index contributed by atoms with van der Waals surface area (Å²) in [6, 6.07) is 5.54. The van der Waals surface area contributed by atoms with Crippen molar-refractivity contribution in [2.45, 2.75) is 51.9 Å². The number of thioether (sulfide) groups is 1. The van der Waals surface area contributed by atoms with Gasteiger partial charge >= 0.3 is 0 Å². The molecule has 2 N–H and O–H groups in total. The Morgan fingerprint density at radius 1 is 1.41 bits per heavy atom. The van der Waals surface area contributed by atoms with Gasteiger partial charge in [-0.2, -0.15) is 0 Å². The van der Waals surface area contributed by atoms with Crippen LogP contribution in [0.15, 0.2) is 32.6 Å². The van der Waals surface area contributed by atoms with Crippen LogP contribution in [0, 0.1) is 13.8 Å². The third-order valence-corrected chi connectivity index (χ3v) is 5.36. The molecule has 27 heavy (non-hydrogen) atoms. The molecule has 0 aromatic carbocycles. The van der Waals surface area contributed by atoms with Crippen LogP contribution in [0.4, 0.5) is 0 Å². The summed E-state index contributed by atoms with van der Waals surface area (Å²) in [5.74, 6) is 1.57. The SMILES string of the molecule is CCC(C)n1c(SCC(=O)NCc2ccc(C)o2)nc2cc(C)[nH]c2c1=O. The number of aromatic nitrogens is 3. The fourth-order valence-corrected chi connectivity index (χ4v) is 3.74. The number of H-pyrrole nitrogens is 1. The second kappa shape index (κ2) is 8.04. The maximum atomic E-state index is 12.9. The molecule has 3 aromatic heterocycles. The molecule has 0 radical (unpaired) electrons. The Kier molecular flexibility index (Phi) is 5.74. The molecular formula is C19H24N4O3S. The highest BCUT2D eigenvalue weighted by atomic mass is 32.2. The quantitative estimate of drug-likeness (QED) is 0.478. The number of nitrogens with zero attached hydrogens (tertiary/aromatic N) is 2. The van der Waals surface area contributed by atoms with Crippen molar-refractivity contribution in [2.24, 2.45) is 0 Å². The summed E-state index contributed by atoms with van der Waals surface area (Å²) in [7, 11) is 0. The van der Waals surface area contributed by atoms with Crippen LogP contribution in [0.1, 0.15) is 43.5 Å². The van der Waals surface area contributed by atoms with Gasteiger partial charge in [-0.1, -0.05) is 18.7 Å². The first kappa shape index (κ1) is 19.3. The van der Waals surface area contributed by atoms with Crippen LogP contribution in [0.3, 0.4) is 0 Å². The number of fused-ring (bicyclic) bond motifs is 1. The first-order valence-electron chi connectivity index (χ1n) is 8.95. The van der Waals surface area contributed by atoms with Gasteiger partial charge in [-0.05, 0) is 45.4 Å². The number of nitrogens with one attached hydrogen (secondary N) is 2. The maximum absolute atomic E-state index is 12.9. The lowest BCUT2D eigenvalue weighted by Gasteiger charge is -2.17. The molecule has 3 aromatic rings. The van der Waals surface area contributed by atoms with E-state index < -0.39 is 0 Å². The minimum Gasteiger partial charge on any atom is -0.465 e. The molecule has 1 amide bonds.